The van der Waals surface area contributed by atoms with E-state index in [-0.39, 0.29) is 0 Å². The second-order valence-electron chi connectivity index (χ2n) is 5.50. The predicted molar refractivity (Wildman–Crippen MR) is 57.7 cm³/mol. The van der Waals surface area contributed by atoms with Crippen molar-refractivity contribution in [1.82, 2.24) is 4.90 Å². The van der Waals surface area contributed by atoms with Gasteiger partial charge in [-0.15, -0.1) is 0 Å². The Morgan fingerprint density at radius 2 is 1.92 bits per heavy atom. The van der Waals surface area contributed by atoms with Crippen molar-refractivity contribution in [2.24, 2.45) is 17.1 Å². The fourth-order valence-corrected chi connectivity index (χ4v) is 2.53. The summed E-state index contributed by atoms with van der Waals surface area (Å²) >= 11 is 0. The molecule has 2 heteroatoms. The molecule has 1 heterocycles. The highest BCUT2D eigenvalue weighted by molar-refractivity contribution is 4.87. The Labute approximate surface area is 82.5 Å². The molecule has 0 saturated carbocycles. The highest BCUT2D eigenvalue weighted by Crippen LogP contribution is 2.32. The Morgan fingerprint density at radius 3 is 2.31 bits per heavy atom. The van der Waals surface area contributed by atoms with Crippen LogP contribution < -0.4 is 5.73 Å². The summed E-state index contributed by atoms with van der Waals surface area (Å²) < 4.78 is 0. The molecular weight excluding hydrogens is 160 g/mol. The third-order valence-electron chi connectivity index (χ3n) is 3.26. The molecule has 0 aliphatic carbocycles. The fraction of sp³-hybridized carbons (Fsp3) is 1.00. The molecule has 1 aliphatic heterocycles. The minimum atomic E-state index is 0.411. The summed E-state index contributed by atoms with van der Waals surface area (Å²) in [7, 11) is 2.23. The Morgan fingerprint density at radius 1 is 1.31 bits per heavy atom. The molecule has 2 unspecified atom stereocenters. The summed E-state index contributed by atoms with van der Waals surface area (Å²) in [6.07, 6.45) is 2.62. The number of hydrogen-bond acceptors (Lipinski definition) is 2. The van der Waals surface area contributed by atoms with E-state index >= 15 is 0 Å². The second kappa shape index (κ2) is 3.97. The highest BCUT2D eigenvalue weighted by Gasteiger charge is 2.32. The molecule has 1 rings (SSSR count). The molecule has 13 heavy (non-hydrogen) atoms. The Kier molecular flexibility index (Phi) is 3.36. The minimum absolute atomic E-state index is 0.411. The number of nitrogens with two attached hydrogens (primary N) is 1. The van der Waals surface area contributed by atoms with E-state index in [1.165, 1.54) is 19.4 Å². The molecule has 78 valence electrons. The van der Waals surface area contributed by atoms with Crippen molar-refractivity contribution in [2.75, 3.05) is 20.1 Å². The van der Waals surface area contributed by atoms with E-state index in [1.54, 1.807) is 0 Å². The van der Waals surface area contributed by atoms with Crippen LogP contribution in [0.4, 0.5) is 0 Å². The van der Waals surface area contributed by atoms with Crippen LogP contribution in [0.25, 0.3) is 0 Å². The van der Waals surface area contributed by atoms with Gasteiger partial charge in [-0.1, -0.05) is 20.8 Å². The van der Waals surface area contributed by atoms with Gasteiger partial charge >= 0.3 is 0 Å². The van der Waals surface area contributed by atoms with Crippen LogP contribution >= 0.6 is 0 Å². The quantitative estimate of drug-likeness (QED) is 0.672. The summed E-state index contributed by atoms with van der Waals surface area (Å²) in [4.78, 5) is 2.49. The summed E-state index contributed by atoms with van der Waals surface area (Å²) in [6.45, 7) is 9.02. The van der Waals surface area contributed by atoms with Crippen molar-refractivity contribution in [2.45, 2.75) is 39.7 Å². The van der Waals surface area contributed by atoms with E-state index in [4.69, 9.17) is 5.73 Å². The fourth-order valence-electron chi connectivity index (χ4n) is 2.53. The molecule has 1 fully saturated rings. The Hall–Kier alpha value is -0.0800. The average Bonchev–Trinajstić information content (AvgIpc) is 2.01. The first-order chi connectivity index (χ1) is 5.95. The van der Waals surface area contributed by atoms with Gasteiger partial charge in [-0.25, -0.2) is 0 Å². The Bertz CT molecular complexity index is 160. The molecule has 0 radical (unpaired) electrons. The third-order valence-corrected chi connectivity index (χ3v) is 3.26. The molecule has 2 N–H and O–H groups in total. The van der Waals surface area contributed by atoms with Gasteiger partial charge in [-0.2, -0.15) is 0 Å². The van der Waals surface area contributed by atoms with E-state index in [2.05, 4.69) is 32.7 Å². The van der Waals surface area contributed by atoms with Crippen LogP contribution in [-0.2, 0) is 0 Å². The van der Waals surface area contributed by atoms with E-state index in [9.17, 15) is 0 Å². The van der Waals surface area contributed by atoms with Crippen molar-refractivity contribution in [1.29, 1.82) is 0 Å². The number of rotatable bonds is 1. The van der Waals surface area contributed by atoms with Gasteiger partial charge in [0.05, 0.1) is 0 Å². The van der Waals surface area contributed by atoms with Gasteiger partial charge < -0.3 is 10.6 Å². The number of nitrogens with zero attached hydrogens (tertiary/aromatic N) is 1. The normalized spacial score (nSPS) is 32.1. The second-order valence-corrected chi connectivity index (χ2v) is 5.50. The lowest BCUT2D eigenvalue weighted by atomic mass is 9.78. The Balaban J connectivity index is 2.53. The zero-order valence-corrected chi connectivity index (χ0v) is 9.51. The maximum atomic E-state index is 5.69. The highest BCUT2D eigenvalue weighted by atomic mass is 15.1. The van der Waals surface area contributed by atoms with Crippen LogP contribution in [-0.4, -0.2) is 31.1 Å². The van der Waals surface area contributed by atoms with Gasteiger partial charge in [-0.3, -0.25) is 0 Å². The van der Waals surface area contributed by atoms with Crippen LogP contribution in [0.3, 0.4) is 0 Å². The molecule has 1 aliphatic rings. The molecule has 2 atom stereocenters. The maximum absolute atomic E-state index is 5.69. The minimum Gasteiger partial charge on any atom is -0.330 e. The third kappa shape index (κ3) is 2.68. The number of hydrogen-bond donors (Lipinski definition) is 1. The first-order valence-corrected chi connectivity index (χ1v) is 5.35. The van der Waals surface area contributed by atoms with Gasteiger partial charge in [0.1, 0.15) is 0 Å². The summed E-state index contributed by atoms with van der Waals surface area (Å²) in [5.74, 6) is 0.726. The molecule has 0 aromatic carbocycles. The van der Waals surface area contributed by atoms with Crippen molar-refractivity contribution in [3.8, 4) is 0 Å². The van der Waals surface area contributed by atoms with Gasteiger partial charge in [-0.05, 0) is 37.8 Å². The van der Waals surface area contributed by atoms with Crippen molar-refractivity contribution in [3.05, 3.63) is 0 Å². The standard InChI is InChI=1S/C11H24N2/c1-11(2,3)10-6-5-9(7-12)8-13(10)4/h9-10H,5-8,12H2,1-4H3. The van der Waals surface area contributed by atoms with Crippen LogP contribution in [0.5, 0.6) is 0 Å². The zero-order chi connectivity index (χ0) is 10.1. The van der Waals surface area contributed by atoms with Crippen LogP contribution in [0, 0.1) is 11.3 Å². The molecule has 0 aromatic heterocycles. The number of likely N-dealkylation sites (tertiary alicyclic amines) is 1. The van der Waals surface area contributed by atoms with E-state index in [0.29, 0.717) is 5.41 Å². The molecular formula is C11H24N2. The monoisotopic (exact) mass is 184 g/mol. The van der Waals surface area contributed by atoms with Crippen LogP contribution in [0.2, 0.25) is 0 Å². The SMILES string of the molecule is CN1CC(CN)CCC1C(C)(C)C. The molecule has 0 aromatic rings. The van der Waals surface area contributed by atoms with Gasteiger partial charge in [0.15, 0.2) is 0 Å². The topological polar surface area (TPSA) is 29.3 Å². The lowest BCUT2D eigenvalue weighted by Crippen LogP contribution is -2.48. The maximum Gasteiger partial charge on any atom is 0.0141 e. The van der Waals surface area contributed by atoms with Crippen LogP contribution in [0.15, 0.2) is 0 Å². The summed E-state index contributed by atoms with van der Waals surface area (Å²) in [5.41, 5.74) is 6.10. The van der Waals surface area contributed by atoms with Crippen LogP contribution in [0.1, 0.15) is 33.6 Å². The molecule has 2 nitrogen and oxygen atoms in total. The summed E-state index contributed by atoms with van der Waals surface area (Å²) in [5, 5.41) is 0. The first-order valence-electron chi connectivity index (χ1n) is 5.35. The van der Waals surface area contributed by atoms with E-state index in [1.807, 2.05) is 0 Å². The largest absolute Gasteiger partial charge is 0.330 e. The van der Waals surface area contributed by atoms with E-state index in [0.717, 1.165) is 18.5 Å². The van der Waals surface area contributed by atoms with Crippen molar-refractivity contribution >= 4 is 0 Å². The van der Waals surface area contributed by atoms with Crippen molar-refractivity contribution < 1.29 is 0 Å². The zero-order valence-electron chi connectivity index (χ0n) is 9.51. The van der Waals surface area contributed by atoms with Crippen molar-refractivity contribution in [3.63, 3.8) is 0 Å². The molecule has 0 amide bonds. The lowest BCUT2D eigenvalue weighted by Gasteiger charge is -2.44. The lowest BCUT2D eigenvalue weighted by molar-refractivity contribution is 0.0622. The van der Waals surface area contributed by atoms with Gasteiger partial charge in [0.2, 0.25) is 0 Å². The smallest absolute Gasteiger partial charge is 0.0141 e. The average molecular weight is 184 g/mol. The molecule has 1 saturated heterocycles. The van der Waals surface area contributed by atoms with Gasteiger partial charge in [0, 0.05) is 12.6 Å². The van der Waals surface area contributed by atoms with Gasteiger partial charge in [0.25, 0.3) is 0 Å². The van der Waals surface area contributed by atoms with E-state index < -0.39 is 0 Å². The molecule has 0 spiro atoms. The molecule has 0 bridgehead atoms. The predicted octanol–water partition coefficient (Wildman–Crippen LogP) is 1.70. The first kappa shape index (κ1) is 11.0. The number of piperidine rings is 1. The summed E-state index contributed by atoms with van der Waals surface area (Å²) in [6, 6.07) is 0.732.